The van der Waals surface area contributed by atoms with Gasteiger partial charge in [-0.25, -0.2) is 9.13 Å². The number of aliphatic hydroxyl groups excluding tert-OH is 1. The standard InChI is InChI=1S/C79H154O17P2/c1-7-10-12-14-16-18-20-21-22-23-24-25-26-27-28-29-30-36-40-44-52-58-64-79(84)95-74(67-89-76(81)61-55-49-42-38-35-32-31-34-37-41-47-53-59-71(4)5)69-93-97(85,86)91-65-73(80)66-92-98(87,88)94-70-75(68-90-77(82)62-56-50-46-45-48-54-60-72(6)9-3)96-78(83)63-57-51-43-39-33-19-17-15-13-11-8-2/h71-75,80H,7-70H2,1-6H3,(H,85,86)(H,87,88)/t72?,73-,74-,75-/m1/s1. The number of unbranched alkanes of at least 4 members (excludes halogenated alkanes) is 47. The summed E-state index contributed by atoms with van der Waals surface area (Å²) >= 11 is 0. The number of phosphoric ester groups is 2. The summed E-state index contributed by atoms with van der Waals surface area (Å²) in [5.74, 6) is -0.601. The number of rotatable bonds is 78. The normalized spacial score (nSPS) is 14.2. The molecule has 0 aromatic carbocycles. The second-order valence-electron chi connectivity index (χ2n) is 29.2. The molecule has 582 valence electrons. The van der Waals surface area contributed by atoms with Gasteiger partial charge in [0.25, 0.3) is 0 Å². The predicted molar refractivity (Wildman–Crippen MR) is 400 cm³/mol. The Morgan fingerprint density at radius 2 is 0.520 bits per heavy atom. The number of hydrogen-bond acceptors (Lipinski definition) is 15. The van der Waals surface area contributed by atoms with Crippen molar-refractivity contribution in [2.45, 2.75) is 432 Å². The van der Waals surface area contributed by atoms with E-state index in [1.807, 2.05) is 0 Å². The first-order valence-corrected chi connectivity index (χ1v) is 44.0. The Labute approximate surface area is 600 Å². The molecule has 0 fully saturated rings. The minimum atomic E-state index is -4.96. The van der Waals surface area contributed by atoms with Crippen LogP contribution < -0.4 is 0 Å². The largest absolute Gasteiger partial charge is 0.472 e. The van der Waals surface area contributed by atoms with E-state index < -0.39 is 97.5 Å². The van der Waals surface area contributed by atoms with E-state index in [2.05, 4.69) is 41.5 Å². The number of carbonyl (C=O) groups is 4. The van der Waals surface area contributed by atoms with Crippen molar-refractivity contribution in [3.05, 3.63) is 0 Å². The average Bonchev–Trinajstić information content (AvgIpc) is 0.970. The summed E-state index contributed by atoms with van der Waals surface area (Å²) in [5.41, 5.74) is 0. The maximum Gasteiger partial charge on any atom is 0.472 e. The lowest BCUT2D eigenvalue weighted by molar-refractivity contribution is -0.161. The molecule has 0 saturated heterocycles. The maximum absolute atomic E-state index is 13.1. The predicted octanol–water partition coefficient (Wildman–Crippen LogP) is 23.5. The molecule has 3 unspecified atom stereocenters. The van der Waals surface area contributed by atoms with Crippen LogP contribution >= 0.6 is 15.6 Å². The van der Waals surface area contributed by atoms with Crippen LogP contribution in [0.2, 0.25) is 0 Å². The molecular formula is C79H154O17P2. The van der Waals surface area contributed by atoms with Crippen molar-refractivity contribution in [3.63, 3.8) is 0 Å². The molecule has 0 aliphatic carbocycles. The van der Waals surface area contributed by atoms with Gasteiger partial charge in [-0.1, -0.05) is 363 Å². The number of aliphatic hydroxyl groups is 1. The van der Waals surface area contributed by atoms with Gasteiger partial charge in [-0.15, -0.1) is 0 Å². The summed E-state index contributed by atoms with van der Waals surface area (Å²) in [6, 6.07) is 0. The second-order valence-corrected chi connectivity index (χ2v) is 32.1. The van der Waals surface area contributed by atoms with Crippen molar-refractivity contribution in [3.8, 4) is 0 Å². The lowest BCUT2D eigenvalue weighted by Gasteiger charge is -2.21. The molecule has 0 amide bonds. The van der Waals surface area contributed by atoms with Gasteiger partial charge in [0.05, 0.1) is 26.4 Å². The van der Waals surface area contributed by atoms with E-state index in [1.54, 1.807) is 0 Å². The molecule has 0 spiro atoms. The van der Waals surface area contributed by atoms with Gasteiger partial charge in [-0.2, -0.15) is 0 Å². The Morgan fingerprint density at radius 3 is 0.776 bits per heavy atom. The molecule has 0 bridgehead atoms. The Kier molecular flexibility index (Phi) is 69.3. The minimum Gasteiger partial charge on any atom is -0.462 e. The van der Waals surface area contributed by atoms with Gasteiger partial charge in [-0.3, -0.25) is 37.3 Å². The van der Waals surface area contributed by atoms with Crippen molar-refractivity contribution in [2.75, 3.05) is 39.6 Å². The topological polar surface area (TPSA) is 237 Å². The lowest BCUT2D eigenvalue weighted by Crippen LogP contribution is -2.30. The van der Waals surface area contributed by atoms with E-state index in [4.69, 9.17) is 37.0 Å². The molecule has 6 atom stereocenters. The fourth-order valence-electron chi connectivity index (χ4n) is 12.2. The number of esters is 4. The fraction of sp³-hybridized carbons (Fsp3) is 0.949. The van der Waals surface area contributed by atoms with Crippen molar-refractivity contribution < 1.29 is 80.2 Å². The molecule has 98 heavy (non-hydrogen) atoms. The molecule has 19 heteroatoms. The van der Waals surface area contributed by atoms with Gasteiger partial charge in [0, 0.05) is 25.7 Å². The monoisotopic (exact) mass is 1440 g/mol. The van der Waals surface area contributed by atoms with Crippen molar-refractivity contribution in [1.82, 2.24) is 0 Å². The molecule has 0 saturated carbocycles. The second kappa shape index (κ2) is 70.7. The van der Waals surface area contributed by atoms with E-state index in [0.717, 1.165) is 108 Å². The van der Waals surface area contributed by atoms with E-state index in [0.29, 0.717) is 25.7 Å². The van der Waals surface area contributed by atoms with Crippen molar-refractivity contribution >= 4 is 39.5 Å². The van der Waals surface area contributed by atoms with Crippen LogP contribution in [-0.2, 0) is 65.4 Å². The van der Waals surface area contributed by atoms with Gasteiger partial charge in [-0.05, 0) is 37.5 Å². The van der Waals surface area contributed by atoms with Crippen LogP contribution in [0.25, 0.3) is 0 Å². The number of phosphoric acid groups is 2. The summed E-state index contributed by atoms with van der Waals surface area (Å²) < 4.78 is 68.6. The zero-order chi connectivity index (χ0) is 72.1. The highest BCUT2D eigenvalue weighted by molar-refractivity contribution is 7.47. The van der Waals surface area contributed by atoms with Gasteiger partial charge in [0.2, 0.25) is 0 Å². The Hall–Kier alpha value is -1.94. The first-order chi connectivity index (χ1) is 47.4. The lowest BCUT2D eigenvalue weighted by atomic mass is 10.00. The smallest absolute Gasteiger partial charge is 0.462 e. The molecule has 0 aromatic heterocycles. The van der Waals surface area contributed by atoms with Crippen molar-refractivity contribution in [2.24, 2.45) is 11.8 Å². The third-order valence-electron chi connectivity index (χ3n) is 18.8. The SMILES string of the molecule is CCCCCCCCCCCCCCCCCCCCCCCCC(=O)O[C@H](COC(=O)CCCCCCCCCCCCCCC(C)C)COP(=O)(O)OC[C@@H](O)COP(=O)(O)OC[C@@H](COC(=O)CCCCCCCCC(C)CC)OC(=O)CCCCCCCCCCCCC. The third-order valence-corrected chi connectivity index (χ3v) is 20.7. The van der Waals surface area contributed by atoms with E-state index in [-0.39, 0.29) is 25.7 Å². The number of ether oxygens (including phenoxy) is 4. The Bertz CT molecular complexity index is 1890. The quantitative estimate of drug-likeness (QED) is 0.0222. The summed E-state index contributed by atoms with van der Waals surface area (Å²) in [4.78, 5) is 72.9. The number of hydrogen-bond donors (Lipinski definition) is 3. The molecule has 0 aromatic rings. The highest BCUT2D eigenvalue weighted by Crippen LogP contribution is 2.45. The van der Waals surface area contributed by atoms with E-state index in [9.17, 15) is 43.2 Å². The number of carbonyl (C=O) groups excluding carboxylic acids is 4. The summed E-state index contributed by atoms with van der Waals surface area (Å²) in [6.45, 7) is 9.58. The molecule has 0 radical (unpaired) electrons. The molecular weight excluding hydrogens is 1280 g/mol. The first kappa shape index (κ1) is 96.1. The zero-order valence-corrected chi connectivity index (χ0v) is 65.9. The summed E-state index contributed by atoms with van der Waals surface area (Å²) in [6.07, 6.45) is 59.8. The molecule has 17 nitrogen and oxygen atoms in total. The molecule has 0 aliphatic heterocycles. The van der Waals surface area contributed by atoms with Crippen LogP contribution in [0, 0.1) is 11.8 Å². The molecule has 0 heterocycles. The molecule has 0 aliphatic rings. The molecule has 0 rings (SSSR count). The third kappa shape index (κ3) is 71.1. The molecule has 3 N–H and O–H groups in total. The first-order valence-electron chi connectivity index (χ1n) is 41.0. The Morgan fingerprint density at radius 1 is 0.296 bits per heavy atom. The van der Waals surface area contributed by atoms with Crippen molar-refractivity contribution in [1.29, 1.82) is 0 Å². The fourth-order valence-corrected chi connectivity index (χ4v) is 13.7. The highest BCUT2D eigenvalue weighted by atomic mass is 31.2. The van der Waals surface area contributed by atoms with Gasteiger partial charge in [0.15, 0.2) is 12.2 Å². The van der Waals surface area contributed by atoms with Crippen LogP contribution in [-0.4, -0.2) is 96.7 Å². The van der Waals surface area contributed by atoms with Gasteiger partial charge >= 0.3 is 39.5 Å². The Balaban J connectivity index is 5.19. The van der Waals surface area contributed by atoms with Gasteiger partial charge in [0.1, 0.15) is 19.3 Å². The van der Waals surface area contributed by atoms with E-state index >= 15 is 0 Å². The van der Waals surface area contributed by atoms with E-state index in [1.165, 1.54) is 225 Å². The van der Waals surface area contributed by atoms with Crippen LogP contribution in [0.4, 0.5) is 0 Å². The van der Waals surface area contributed by atoms with Crippen LogP contribution in [0.15, 0.2) is 0 Å². The van der Waals surface area contributed by atoms with Gasteiger partial charge < -0.3 is 33.8 Å². The van der Waals surface area contributed by atoms with Crippen LogP contribution in [0.1, 0.15) is 414 Å². The average molecular weight is 1440 g/mol. The van der Waals surface area contributed by atoms with Crippen LogP contribution in [0.5, 0.6) is 0 Å². The summed E-state index contributed by atoms with van der Waals surface area (Å²) in [7, 11) is -9.91. The summed E-state index contributed by atoms with van der Waals surface area (Å²) in [5, 5.41) is 10.6. The van der Waals surface area contributed by atoms with Crippen LogP contribution in [0.3, 0.4) is 0 Å². The zero-order valence-electron chi connectivity index (χ0n) is 64.1. The minimum absolute atomic E-state index is 0.106. The maximum atomic E-state index is 13.1. The highest BCUT2D eigenvalue weighted by Gasteiger charge is 2.30.